The SMILES string of the molecule is O=C(Nc1cnccn1)c1cccnc1SC(c1ccccc1)c1ccccc1. The van der Waals surface area contributed by atoms with Gasteiger partial charge in [0.1, 0.15) is 5.03 Å². The quantitative estimate of drug-likeness (QED) is 0.463. The molecule has 0 spiro atoms. The lowest BCUT2D eigenvalue weighted by Gasteiger charge is -2.18. The van der Waals surface area contributed by atoms with Crippen LogP contribution in [0.5, 0.6) is 0 Å². The molecule has 5 nitrogen and oxygen atoms in total. The number of benzene rings is 2. The molecule has 1 amide bonds. The van der Waals surface area contributed by atoms with Gasteiger partial charge in [0.15, 0.2) is 5.82 Å². The normalized spacial score (nSPS) is 10.7. The second kappa shape index (κ2) is 9.12. The average Bonchev–Trinajstić information content (AvgIpc) is 2.79. The van der Waals surface area contributed by atoms with E-state index in [2.05, 4.69) is 44.5 Å². The molecule has 6 heteroatoms. The highest BCUT2D eigenvalue weighted by Crippen LogP contribution is 2.40. The number of pyridine rings is 1. The van der Waals surface area contributed by atoms with Gasteiger partial charge in [0.2, 0.25) is 0 Å². The summed E-state index contributed by atoms with van der Waals surface area (Å²) in [5.41, 5.74) is 2.80. The summed E-state index contributed by atoms with van der Waals surface area (Å²) in [6.45, 7) is 0. The van der Waals surface area contributed by atoms with Crippen molar-refractivity contribution in [2.75, 3.05) is 5.32 Å². The maximum atomic E-state index is 12.9. The number of hydrogen-bond acceptors (Lipinski definition) is 5. The highest BCUT2D eigenvalue weighted by atomic mass is 32.2. The van der Waals surface area contributed by atoms with Gasteiger partial charge in [-0.3, -0.25) is 9.78 Å². The Balaban J connectivity index is 1.66. The van der Waals surface area contributed by atoms with Crippen LogP contribution in [0.4, 0.5) is 5.82 Å². The number of amides is 1. The number of thioether (sulfide) groups is 1. The van der Waals surface area contributed by atoms with E-state index in [-0.39, 0.29) is 11.2 Å². The number of carbonyl (C=O) groups excluding carboxylic acids is 1. The van der Waals surface area contributed by atoms with Gasteiger partial charge in [0.05, 0.1) is 17.0 Å². The Hall–Kier alpha value is -3.51. The number of anilines is 1. The Morgan fingerprint density at radius 1 is 0.793 bits per heavy atom. The summed E-state index contributed by atoms with van der Waals surface area (Å²) in [5.74, 6) is 0.140. The second-order valence-corrected chi connectivity index (χ2v) is 7.31. The maximum absolute atomic E-state index is 12.9. The fourth-order valence-electron chi connectivity index (χ4n) is 2.90. The van der Waals surface area contributed by atoms with Crippen LogP contribution in [0.3, 0.4) is 0 Å². The summed E-state index contributed by atoms with van der Waals surface area (Å²) < 4.78 is 0. The number of nitrogens with zero attached hydrogens (tertiary/aromatic N) is 3. The van der Waals surface area contributed by atoms with E-state index in [0.717, 1.165) is 11.1 Å². The Labute approximate surface area is 173 Å². The highest BCUT2D eigenvalue weighted by Gasteiger charge is 2.21. The third-order valence-corrected chi connectivity index (χ3v) is 5.58. The average molecular weight is 398 g/mol. The summed E-state index contributed by atoms with van der Waals surface area (Å²) in [7, 11) is 0. The third-order valence-electron chi connectivity index (χ3n) is 4.25. The van der Waals surface area contributed by atoms with E-state index in [1.807, 2.05) is 36.4 Å². The molecule has 2 heterocycles. The first-order valence-corrected chi connectivity index (χ1v) is 9.98. The molecule has 0 saturated carbocycles. The van der Waals surface area contributed by atoms with Crippen molar-refractivity contribution in [1.29, 1.82) is 0 Å². The van der Waals surface area contributed by atoms with Crippen molar-refractivity contribution in [3.8, 4) is 0 Å². The van der Waals surface area contributed by atoms with Crippen molar-refractivity contribution < 1.29 is 4.79 Å². The van der Waals surface area contributed by atoms with E-state index < -0.39 is 0 Å². The molecule has 0 saturated heterocycles. The summed E-state index contributed by atoms with van der Waals surface area (Å²) >= 11 is 1.55. The third kappa shape index (κ3) is 4.67. The van der Waals surface area contributed by atoms with Crippen molar-refractivity contribution in [2.45, 2.75) is 10.3 Å². The summed E-state index contributed by atoms with van der Waals surface area (Å²) in [5, 5.41) is 3.45. The van der Waals surface area contributed by atoms with Crippen molar-refractivity contribution in [1.82, 2.24) is 15.0 Å². The van der Waals surface area contributed by atoms with Crippen LogP contribution in [-0.4, -0.2) is 20.9 Å². The molecule has 142 valence electrons. The molecule has 4 rings (SSSR count). The zero-order valence-electron chi connectivity index (χ0n) is 15.5. The minimum atomic E-state index is -0.263. The van der Waals surface area contributed by atoms with Crippen LogP contribution < -0.4 is 5.32 Å². The molecule has 0 bridgehead atoms. The summed E-state index contributed by atoms with van der Waals surface area (Å²) in [6.07, 6.45) is 6.31. The van der Waals surface area contributed by atoms with E-state index in [1.54, 1.807) is 36.3 Å². The van der Waals surface area contributed by atoms with Gasteiger partial charge in [-0.05, 0) is 23.3 Å². The molecule has 0 atom stereocenters. The predicted molar refractivity (Wildman–Crippen MR) is 115 cm³/mol. The molecule has 0 unspecified atom stereocenters. The van der Waals surface area contributed by atoms with Crippen molar-refractivity contribution in [3.05, 3.63) is 114 Å². The van der Waals surface area contributed by atoms with Crippen LogP contribution >= 0.6 is 11.8 Å². The van der Waals surface area contributed by atoms with Gasteiger partial charge in [0, 0.05) is 18.6 Å². The Kier molecular flexibility index (Phi) is 5.92. The summed E-state index contributed by atoms with van der Waals surface area (Å²) in [6, 6.07) is 24.0. The molecule has 4 aromatic rings. The maximum Gasteiger partial charge on any atom is 0.259 e. The first-order chi connectivity index (χ1) is 14.3. The van der Waals surface area contributed by atoms with Crippen LogP contribution in [0.15, 0.2) is 103 Å². The standard InChI is InChI=1S/C23H18N4OS/c28-22(27-20-16-24-14-15-25-20)19-12-7-13-26-23(19)29-21(17-8-3-1-4-9-17)18-10-5-2-6-11-18/h1-16,21H,(H,25,27,28). The zero-order valence-corrected chi connectivity index (χ0v) is 16.3. The topological polar surface area (TPSA) is 67.8 Å². The minimum absolute atomic E-state index is 0.00960. The first-order valence-electron chi connectivity index (χ1n) is 9.10. The minimum Gasteiger partial charge on any atom is -0.305 e. The largest absolute Gasteiger partial charge is 0.305 e. The second-order valence-electron chi connectivity index (χ2n) is 6.22. The van der Waals surface area contributed by atoms with Gasteiger partial charge < -0.3 is 5.32 Å². The van der Waals surface area contributed by atoms with Crippen LogP contribution in [0.2, 0.25) is 0 Å². The lowest BCUT2D eigenvalue weighted by molar-refractivity contribution is 0.102. The number of carbonyl (C=O) groups is 1. The van der Waals surface area contributed by atoms with Crippen molar-refractivity contribution >= 4 is 23.5 Å². The van der Waals surface area contributed by atoms with Crippen molar-refractivity contribution in [2.24, 2.45) is 0 Å². The van der Waals surface area contributed by atoms with E-state index in [4.69, 9.17) is 0 Å². The van der Waals surface area contributed by atoms with Crippen LogP contribution in [0.25, 0.3) is 0 Å². The van der Waals surface area contributed by atoms with Gasteiger partial charge in [0.25, 0.3) is 5.91 Å². The fourth-order valence-corrected chi connectivity index (χ4v) is 4.12. The van der Waals surface area contributed by atoms with Gasteiger partial charge in [-0.1, -0.05) is 72.4 Å². The fraction of sp³-hybridized carbons (Fsp3) is 0.0435. The van der Waals surface area contributed by atoms with Crippen LogP contribution in [-0.2, 0) is 0 Å². The molecular weight excluding hydrogens is 380 g/mol. The summed E-state index contributed by atoms with van der Waals surface area (Å²) in [4.78, 5) is 25.4. The number of hydrogen-bond donors (Lipinski definition) is 1. The lowest BCUT2D eigenvalue weighted by atomic mass is 10.0. The van der Waals surface area contributed by atoms with Crippen LogP contribution in [0, 0.1) is 0 Å². The molecule has 0 radical (unpaired) electrons. The molecule has 2 aromatic carbocycles. The van der Waals surface area contributed by atoms with E-state index >= 15 is 0 Å². The van der Waals surface area contributed by atoms with Gasteiger partial charge >= 0.3 is 0 Å². The lowest BCUT2D eigenvalue weighted by Crippen LogP contribution is -2.15. The molecule has 0 aliphatic heterocycles. The highest BCUT2D eigenvalue weighted by molar-refractivity contribution is 7.99. The Bertz CT molecular complexity index is 1040. The molecular formula is C23H18N4OS. The van der Waals surface area contributed by atoms with Gasteiger partial charge in [-0.25, -0.2) is 9.97 Å². The van der Waals surface area contributed by atoms with Gasteiger partial charge in [-0.2, -0.15) is 0 Å². The van der Waals surface area contributed by atoms with Gasteiger partial charge in [-0.15, -0.1) is 0 Å². The van der Waals surface area contributed by atoms with Crippen molar-refractivity contribution in [3.63, 3.8) is 0 Å². The van der Waals surface area contributed by atoms with E-state index in [1.165, 1.54) is 12.4 Å². The smallest absolute Gasteiger partial charge is 0.259 e. The number of aromatic nitrogens is 3. The monoisotopic (exact) mass is 398 g/mol. The number of nitrogens with one attached hydrogen (secondary N) is 1. The molecule has 0 aliphatic carbocycles. The first kappa shape index (κ1) is 18.8. The molecule has 29 heavy (non-hydrogen) atoms. The molecule has 2 aromatic heterocycles. The zero-order chi connectivity index (χ0) is 19.9. The Morgan fingerprint density at radius 2 is 1.48 bits per heavy atom. The molecule has 1 N–H and O–H groups in total. The van der Waals surface area contributed by atoms with E-state index in [0.29, 0.717) is 16.4 Å². The predicted octanol–water partition coefficient (Wildman–Crippen LogP) is 5.01. The molecule has 0 aliphatic rings. The Morgan fingerprint density at radius 3 is 2.10 bits per heavy atom. The van der Waals surface area contributed by atoms with Crippen LogP contribution in [0.1, 0.15) is 26.7 Å². The van der Waals surface area contributed by atoms with E-state index in [9.17, 15) is 4.79 Å². The molecule has 0 fully saturated rings. The number of rotatable bonds is 6.